The summed E-state index contributed by atoms with van der Waals surface area (Å²) in [4.78, 5) is 12.6. The van der Waals surface area contributed by atoms with Crippen LogP contribution in [0, 0.1) is 6.92 Å². The highest BCUT2D eigenvalue weighted by atomic mass is 16.5. The first-order valence-corrected chi connectivity index (χ1v) is 9.81. The zero-order valence-electron chi connectivity index (χ0n) is 16.4. The standard InChI is InChI=1S/C25H21NO3/c1-3-26-20-7-5-4-6-18(20)19-13-17(9-10-21(19)26)14-24-22(27)15-28-23-11-8-16(2)12-25(23)29-24/h4-14H,3,15H2,1-2H3/b24-14-. The molecule has 1 aromatic heterocycles. The lowest BCUT2D eigenvalue weighted by atomic mass is 10.1. The molecule has 0 radical (unpaired) electrons. The number of carbonyl (C=O) groups is 1. The molecular formula is C25H21NO3. The van der Waals surface area contributed by atoms with Crippen LogP contribution in [-0.2, 0) is 11.3 Å². The smallest absolute Gasteiger partial charge is 0.235 e. The molecule has 29 heavy (non-hydrogen) atoms. The summed E-state index contributed by atoms with van der Waals surface area (Å²) in [6, 6.07) is 20.3. The highest BCUT2D eigenvalue weighted by molar-refractivity contribution is 6.09. The van der Waals surface area contributed by atoms with Crippen molar-refractivity contribution < 1.29 is 14.3 Å². The number of aryl methyl sites for hydroxylation is 2. The van der Waals surface area contributed by atoms with Gasteiger partial charge in [0, 0.05) is 28.4 Å². The van der Waals surface area contributed by atoms with Crippen LogP contribution in [0.15, 0.2) is 66.4 Å². The first-order chi connectivity index (χ1) is 14.1. The van der Waals surface area contributed by atoms with Crippen LogP contribution < -0.4 is 9.47 Å². The minimum atomic E-state index is -0.171. The summed E-state index contributed by atoms with van der Waals surface area (Å²) >= 11 is 0. The van der Waals surface area contributed by atoms with E-state index in [4.69, 9.17) is 9.47 Å². The van der Waals surface area contributed by atoms with Crippen LogP contribution in [0.5, 0.6) is 11.5 Å². The van der Waals surface area contributed by atoms with Gasteiger partial charge in [-0.25, -0.2) is 0 Å². The normalized spacial score (nSPS) is 15.2. The fourth-order valence-corrected chi connectivity index (χ4v) is 3.97. The van der Waals surface area contributed by atoms with Gasteiger partial charge < -0.3 is 14.0 Å². The number of hydrogen-bond donors (Lipinski definition) is 0. The third-order valence-corrected chi connectivity index (χ3v) is 5.36. The zero-order chi connectivity index (χ0) is 20.0. The van der Waals surface area contributed by atoms with Gasteiger partial charge in [0.25, 0.3) is 0 Å². The molecule has 0 aliphatic carbocycles. The van der Waals surface area contributed by atoms with E-state index in [-0.39, 0.29) is 12.4 Å². The van der Waals surface area contributed by atoms with Crippen LogP contribution in [-0.4, -0.2) is 17.0 Å². The Kier molecular flexibility index (Phi) is 4.13. The lowest BCUT2D eigenvalue weighted by Gasteiger charge is -2.08. The van der Waals surface area contributed by atoms with Crippen LogP contribution in [0.3, 0.4) is 0 Å². The molecule has 5 rings (SSSR count). The Morgan fingerprint density at radius 1 is 0.966 bits per heavy atom. The van der Waals surface area contributed by atoms with Crippen molar-refractivity contribution in [2.24, 2.45) is 0 Å². The summed E-state index contributed by atoms with van der Waals surface area (Å²) in [5, 5.41) is 2.38. The maximum absolute atomic E-state index is 12.6. The SMILES string of the molecule is CCn1c2ccccc2c2cc(/C=C3\Oc4cc(C)ccc4OCC3=O)ccc21. The lowest BCUT2D eigenvalue weighted by molar-refractivity contribution is -0.118. The molecule has 144 valence electrons. The van der Waals surface area contributed by atoms with E-state index in [2.05, 4.69) is 47.9 Å². The molecule has 1 aliphatic heterocycles. The van der Waals surface area contributed by atoms with E-state index in [0.717, 1.165) is 17.7 Å². The van der Waals surface area contributed by atoms with E-state index in [9.17, 15) is 4.79 Å². The summed E-state index contributed by atoms with van der Waals surface area (Å²) in [7, 11) is 0. The van der Waals surface area contributed by atoms with Gasteiger partial charge in [-0.1, -0.05) is 30.3 Å². The Labute approximate surface area is 169 Å². The first-order valence-electron chi connectivity index (χ1n) is 9.81. The second-order valence-electron chi connectivity index (χ2n) is 7.31. The molecule has 1 aliphatic rings. The molecule has 0 unspecified atom stereocenters. The Morgan fingerprint density at radius 2 is 1.79 bits per heavy atom. The average Bonchev–Trinajstić information content (AvgIpc) is 2.96. The minimum Gasteiger partial charge on any atom is -0.481 e. The quantitative estimate of drug-likeness (QED) is 0.429. The van der Waals surface area contributed by atoms with Crippen LogP contribution >= 0.6 is 0 Å². The highest BCUT2D eigenvalue weighted by Crippen LogP contribution is 2.34. The Balaban J connectivity index is 1.62. The maximum Gasteiger partial charge on any atom is 0.235 e. The lowest BCUT2D eigenvalue weighted by Crippen LogP contribution is -2.13. The van der Waals surface area contributed by atoms with E-state index < -0.39 is 0 Å². The molecule has 0 bridgehead atoms. The third-order valence-electron chi connectivity index (χ3n) is 5.36. The number of fused-ring (bicyclic) bond motifs is 4. The number of nitrogens with zero attached hydrogens (tertiary/aromatic N) is 1. The molecular weight excluding hydrogens is 362 g/mol. The summed E-state index contributed by atoms with van der Waals surface area (Å²) in [5.74, 6) is 1.29. The summed E-state index contributed by atoms with van der Waals surface area (Å²) in [6.45, 7) is 5.01. The molecule has 0 saturated heterocycles. The van der Waals surface area contributed by atoms with Gasteiger partial charge in [0.05, 0.1) is 0 Å². The van der Waals surface area contributed by atoms with Gasteiger partial charge in [0.15, 0.2) is 23.9 Å². The molecule has 4 nitrogen and oxygen atoms in total. The highest BCUT2D eigenvalue weighted by Gasteiger charge is 2.21. The Morgan fingerprint density at radius 3 is 2.66 bits per heavy atom. The van der Waals surface area contributed by atoms with Crippen molar-refractivity contribution in [1.29, 1.82) is 0 Å². The van der Waals surface area contributed by atoms with Gasteiger partial charge >= 0.3 is 0 Å². The number of benzene rings is 3. The van der Waals surface area contributed by atoms with E-state index in [1.807, 2.05) is 31.2 Å². The molecule has 0 amide bonds. The van der Waals surface area contributed by atoms with Crippen molar-refractivity contribution in [3.63, 3.8) is 0 Å². The predicted octanol–water partition coefficient (Wildman–Crippen LogP) is 5.50. The van der Waals surface area contributed by atoms with Crippen LogP contribution in [0.4, 0.5) is 0 Å². The predicted molar refractivity (Wildman–Crippen MR) is 115 cm³/mol. The van der Waals surface area contributed by atoms with Gasteiger partial charge in [-0.05, 0) is 61.4 Å². The molecule has 4 heteroatoms. The minimum absolute atomic E-state index is 0.0285. The largest absolute Gasteiger partial charge is 0.481 e. The molecule has 0 N–H and O–H groups in total. The summed E-state index contributed by atoms with van der Waals surface area (Å²) in [5.41, 5.74) is 4.38. The van der Waals surface area contributed by atoms with Crippen LogP contribution in [0.25, 0.3) is 27.9 Å². The first kappa shape index (κ1) is 17.6. The van der Waals surface area contributed by atoms with E-state index in [1.165, 1.54) is 21.8 Å². The molecule has 0 fully saturated rings. The molecule has 0 atom stereocenters. The van der Waals surface area contributed by atoms with Crippen molar-refractivity contribution in [2.45, 2.75) is 20.4 Å². The zero-order valence-corrected chi connectivity index (χ0v) is 16.4. The fraction of sp³-hybridized carbons (Fsp3) is 0.160. The molecule has 2 heterocycles. The van der Waals surface area contributed by atoms with Crippen molar-refractivity contribution >= 4 is 33.7 Å². The maximum atomic E-state index is 12.6. The molecule has 0 spiro atoms. The summed E-state index contributed by atoms with van der Waals surface area (Å²) in [6.07, 6.45) is 1.81. The molecule has 3 aromatic carbocycles. The fourth-order valence-electron chi connectivity index (χ4n) is 3.97. The van der Waals surface area contributed by atoms with Crippen molar-refractivity contribution in [2.75, 3.05) is 6.61 Å². The molecule has 4 aromatic rings. The number of ether oxygens (including phenoxy) is 2. The van der Waals surface area contributed by atoms with Crippen molar-refractivity contribution in [3.05, 3.63) is 77.5 Å². The van der Waals surface area contributed by atoms with Gasteiger partial charge in [-0.3, -0.25) is 4.79 Å². The van der Waals surface area contributed by atoms with Gasteiger partial charge in [-0.2, -0.15) is 0 Å². The monoisotopic (exact) mass is 383 g/mol. The number of carbonyl (C=O) groups excluding carboxylic acids is 1. The Bertz CT molecular complexity index is 1300. The van der Waals surface area contributed by atoms with Gasteiger partial charge in [0.2, 0.25) is 5.78 Å². The van der Waals surface area contributed by atoms with E-state index in [1.54, 1.807) is 6.08 Å². The van der Waals surface area contributed by atoms with E-state index in [0.29, 0.717) is 17.3 Å². The number of hydrogen-bond acceptors (Lipinski definition) is 3. The number of para-hydroxylation sites is 1. The number of ketones is 1. The third kappa shape index (κ3) is 2.97. The number of Topliss-reactive ketones (excluding diaryl/α,β-unsaturated/α-hetero) is 1. The summed E-state index contributed by atoms with van der Waals surface area (Å²) < 4.78 is 13.9. The van der Waals surface area contributed by atoms with Gasteiger partial charge in [0.1, 0.15) is 0 Å². The molecule has 0 saturated carbocycles. The van der Waals surface area contributed by atoms with E-state index >= 15 is 0 Å². The Hall–Kier alpha value is -3.53. The number of rotatable bonds is 2. The van der Waals surface area contributed by atoms with Crippen LogP contribution in [0.1, 0.15) is 18.1 Å². The van der Waals surface area contributed by atoms with Crippen molar-refractivity contribution in [1.82, 2.24) is 4.57 Å². The van der Waals surface area contributed by atoms with Crippen molar-refractivity contribution in [3.8, 4) is 11.5 Å². The topological polar surface area (TPSA) is 40.5 Å². The van der Waals surface area contributed by atoms with Crippen LogP contribution in [0.2, 0.25) is 0 Å². The second kappa shape index (κ2) is 6.82. The number of aromatic nitrogens is 1. The average molecular weight is 383 g/mol. The van der Waals surface area contributed by atoms with Gasteiger partial charge in [-0.15, -0.1) is 0 Å². The second-order valence-corrected chi connectivity index (χ2v) is 7.31.